The third-order valence-electron chi connectivity index (χ3n) is 4.84. The molecule has 0 bridgehead atoms. The fraction of sp³-hybridized carbons (Fsp3) is 1.00. The molecule has 1 N–H and O–H groups in total. The molecule has 3 atom stereocenters. The van der Waals surface area contributed by atoms with Crippen LogP contribution < -0.4 is 5.32 Å². The van der Waals surface area contributed by atoms with Crippen LogP contribution in [0, 0.1) is 17.3 Å². The highest BCUT2D eigenvalue weighted by Crippen LogP contribution is 2.34. The van der Waals surface area contributed by atoms with Gasteiger partial charge in [-0.05, 0) is 37.3 Å². The minimum atomic E-state index is 0.459. The van der Waals surface area contributed by atoms with Crippen LogP contribution in [0.1, 0.15) is 40.5 Å². The number of nitrogens with one attached hydrogen (secondary N) is 1. The minimum Gasteiger partial charge on any atom is -0.379 e. The highest BCUT2D eigenvalue weighted by Gasteiger charge is 2.35. The van der Waals surface area contributed by atoms with Crippen LogP contribution in [0.2, 0.25) is 0 Å². The zero-order valence-electron chi connectivity index (χ0n) is 13.2. The normalized spacial score (nSPS) is 33.2. The lowest BCUT2D eigenvalue weighted by molar-refractivity contribution is 0.168. The quantitative estimate of drug-likeness (QED) is 0.828. The van der Waals surface area contributed by atoms with Crippen molar-refractivity contribution in [2.75, 3.05) is 39.4 Å². The standard InChI is InChI=1S/C16H32N2O/c1-5-7-17-15-12-19-11-13(15)9-18-8-6-14(10-18)16(2,3)4/h13-15,17H,5-12H2,1-4H3. The monoisotopic (exact) mass is 268 g/mol. The Morgan fingerprint density at radius 3 is 2.68 bits per heavy atom. The molecule has 0 aromatic heterocycles. The molecule has 2 fully saturated rings. The molecule has 3 heteroatoms. The zero-order chi connectivity index (χ0) is 13.9. The summed E-state index contributed by atoms with van der Waals surface area (Å²) in [6.45, 7) is 16.1. The molecule has 0 spiro atoms. The molecule has 0 radical (unpaired) electrons. The first-order chi connectivity index (χ1) is 9.00. The van der Waals surface area contributed by atoms with E-state index in [1.165, 1.54) is 32.5 Å². The molecule has 0 amide bonds. The molecule has 3 nitrogen and oxygen atoms in total. The molecule has 0 aliphatic carbocycles. The summed E-state index contributed by atoms with van der Waals surface area (Å²) in [5.74, 6) is 1.54. The topological polar surface area (TPSA) is 24.5 Å². The Balaban J connectivity index is 1.78. The summed E-state index contributed by atoms with van der Waals surface area (Å²) in [5, 5.41) is 3.65. The van der Waals surface area contributed by atoms with Crippen molar-refractivity contribution < 1.29 is 4.74 Å². The Kier molecular flexibility index (Phi) is 5.27. The summed E-state index contributed by atoms with van der Waals surface area (Å²) >= 11 is 0. The second kappa shape index (κ2) is 6.55. The fourth-order valence-electron chi connectivity index (χ4n) is 3.37. The van der Waals surface area contributed by atoms with Crippen molar-refractivity contribution in [3.05, 3.63) is 0 Å². The first-order valence-corrected chi connectivity index (χ1v) is 8.04. The van der Waals surface area contributed by atoms with Crippen molar-refractivity contribution in [3.63, 3.8) is 0 Å². The van der Waals surface area contributed by atoms with Gasteiger partial charge in [-0.2, -0.15) is 0 Å². The van der Waals surface area contributed by atoms with Gasteiger partial charge in [0.1, 0.15) is 0 Å². The van der Waals surface area contributed by atoms with Gasteiger partial charge in [0.05, 0.1) is 13.2 Å². The van der Waals surface area contributed by atoms with Crippen molar-refractivity contribution in [1.82, 2.24) is 10.2 Å². The van der Waals surface area contributed by atoms with E-state index >= 15 is 0 Å². The lowest BCUT2D eigenvalue weighted by Crippen LogP contribution is -2.41. The van der Waals surface area contributed by atoms with Crippen molar-refractivity contribution in [3.8, 4) is 0 Å². The third-order valence-corrected chi connectivity index (χ3v) is 4.84. The Morgan fingerprint density at radius 1 is 1.26 bits per heavy atom. The maximum absolute atomic E-state index is 5.68. The van der Waals surface area contributed by atoms with Crippen LogP contribution in [0.4, 0.5) is 0 Å². The predicted octanol–water partition coefficient (Wildman–Crippen LogP) is 2.37. The Hall–Kier alpha value is -0.120. The molecular weight excluding hydrogens is 236 g/mol. The van der Waals surface area contributed by atoms with Gasteiger partial charge < -0.3 is 15.0 Å². The van der Waals surface area contributed by atoms with Crippen molar-refractivity contribution in [2.45, 2.75) is 46.6 Å². The maximum Gasteiger partial charge on any atom is 0.0623 e. The van der Waals surface area contributed by atoms with Gasteiger partial charge in [0.15, 0.2) is 0 Å². The molecule has 112 valence electrons. The maximum atomic E-state index is 5.68. The molecule has 3 unspecified atom stereocenters. The molecule has 2 aliphatic rings. The van der Waals surface area contributed by atoms with Crippen LogP contribution in [0.5, 0.6) is 0 Å². The van der Waals surface area contributed by atoms with E-state index in [9.17, 15) is 0 Å². The Bertz CT molecular complexity index is 274. The van der Waals surface area contributed by atoms with Crippen LogP contribution in [-0.4, -0.2) is 50.3 Å². The molecule has 0 aromatic rings. The van der Waals surface area contributed by atoms with Gasteiger partial charge in [-0.15, -0.1) is 0 Å². The van der Waals surface area contributed by atoms with Crippen molar-refractivity contribution in [2.24, 2.45) is 17.3 Å². The average Bonchev–Trinajstić information content (AvgIpc) is 2.95. The zero-order valence-corrected chi connectivity index (χ0v) is 13.2. The summed E-state index contributed by atoms with van der Waals surface area (Å²) in [6.07, 6.45) is 2.57. The van der Waals surface area contributed by atoms with Crippen molar-refractivity contribution >= 4 is 0 Å². The number of likely N-dealkylation sites (tertiary alicyclic amines) is 1. The van der Waals surface area contributed by atoms with E-state index < -0.39 is 0 Å². The largest absolute Gasteiger partial charge is 0.379 e. The average molecular weight is 268 g/mol. The van der Waals surface area contributed by atoms with Crippen molar-refractivity contribution in [1.29, 1.82) is 0 Å². The first kappa shape index (κ1) is 15.3. The van der Waals surface area contributed by atoms with Crippen LogP contribution in [0.25, 0.3) is 0 Å². The van der Waals surface area contributed by atoms with Gasteiger partial charge in [0.25, 0.3) is 0 Å². The highest BCUT2D eigenvalue weighted by molar-refractivity contribution is 4.88. The molecule has 0 saturated carbocycles. The molecule has 2 aliphatic heterocycles. The minimum absolute atomic E-state index is 0.459. The van der Waals surface area contributed by atoms with Gasteiger partial charge in [0.2, 0.25) is 0 Å². The van der Waals surface area contributed by atoms with E-state index in [0.717, 1.165) is 25.7 Å². The van der Waals surface area contributed by atoms with Crippen LogP contribution >= 0.6 is 0 Å². The SMILES string of the molecule is CCCNC1COCC1CN1CCC(C(C)(C)C)C1. The van der Waals surface area contributed by atoms with Crippen LogP contribution in [-0.2, 0) is 4.74 Å². The Labute approximate surface area is 119 Å². The highest BCUT2D eigenvalue weighted by atomic mass is 16.5. The number of hydrogen-bond donors (Lipinski definition) is 1. The van der Waals surface area contributed by atoms with Crippen LogP contribution in [0.3, 0.4) is 0 Å². The molecule has 19 heavy (non-hydrogen) atoms. The lowest BCUT2D eigenvalue weighted by Gasteiger charge is -2.28. The second-order valence-electron chi connectivity index (χ2n) is 7.47. The van der Waals surface area contributed by atoms with E-state index in [-0.39, 0.29) is 0 Å². The van der Waals surface area contributed by atoms with Gasteiger partial charge in [0, 0.05) is 25.0 Å². The van der Waals surface area contributed by atoms with E-state index in [1.807, 2.05) is 0 Å². The van der Waals surface area contributed by atoms with Gasteiger partial charge in [-0.3, -0.25) is 0 Å². The van der Waals surface area contributed by atoms with Crippen LogP contribution in [0.15, 0.2) is 0 Å². The number of ether oxygens (including phenoxy) is 1. The first-order valence-electron chi connectivity index (χ1n) is 8.04. The van der Waals surface area contributed by atoms with Gasteiger partial charge in [-0.1, -0.05) is 27.7 Å². The predicted molar refractivity (Wildman–Crippen MR) is 80.4 cm³/mol. The smallest absolute Gasteiger partial charge is 0.0623 e. The van der Waals surface area contributed by atoms with E-state index in [2.05, 4.69) is 37.9 Å². The molecular formula is C16H32N2O. The summed E-state index contributed by atoms with van der Waals surface area (Å²) < 4.78 is 5.68. The molecule has 0 aromatic carbocycles. The fourth-order valence-corrected chi connectivity index (χ4v) is 3.37. The summed E-state index contributed by atoms with van der Waals surface area (Å²) in [5.41, 5.74) is 0.459. The van der Waals surface area contributed by atoms with E-state index in [1.54, 1.807) is 0 Å². The third kappa shape index (κ3) is 4.17. The van der Waals surface area contributed by atoms with Gasteiger partial charge in [-0.25, -0.2) is 0 Å². The van der Waals surface area contributed by atoms with Gasteiger partial charge >= 0.3 is 0 Å². The lowest BCUT2D eigenvalue weighted by atomic mass is 9.80. The molecule has 2 saturated heterocycles. The molecule has 2 rings (SSSR count). The number of hydrogen-bond acceptors (Lipinski definition) is 3. The number of rotatable bonds is 5. The van der Waals surface area contributed by atoms with E-state index in [4.69, 9.17) is 4.74 Å². The Morgan fingerprint density at radius 2 is 2.05 bits per heavy atom. The molecule has 2 heterocycles. The second-order valence-corrected chi connectivity index (χ2v) is 7.47. The summed E-state index contributed by atoms with van der Waals surface area (Å²) in [6, 6.07) is 0.577. The van der Waals surface area contributed by atoms with E-state index in [0.29, 0.717) is 17.4 Å². The number of nitrogens with zero attached hydrogens (tertiary/aromatic N) is 1. The summed E-state index contributed by atoms with van der Waals surface area (Å²) in [4.78, 5) is 2.66. The summed E-state index contributed by atoms with van der Waals surface area (Å²) in [7, 11) is 0.